The molecule has 1 amide bonds. The largest absolute Gasteiger partial charge is 0.379 e. The molecule has 0 aromatic heterocycles. The number of amides is 1. The van der Waals surface area contributed by atoms with Crippen LogP contribution in [0.25, 0.3) is 0 Å². The van der Waals surface area contributed by atoms with Crippen molar-refractivity contribution in [3.63, 3.8) is 0 Å². The Bertz CT molecular complexity index is 126. The number of rotatable bonds is 5. The number of primary amides is 1. The Morgan fingerprint density at radius 3 is 2.36 bits per heavy atom. The SMILES string of the molecule is CC(C)COCC(N)C(N)=O. The summed E-state index contributed by atoms with van der Waals surface area (Å²) in [7, 11) is 0. The molecule has 1 atom stereocenters. The van der Waals surface area contributed by atoms with Gasteiger partial charge in [-0.2, -0.15) is 0 Å². The quantitative estimate of drug-likeness (QED) is 0.567. The first kappa shape index (κ1) is 10.4. The molecule has 0 aliphatic carbocycles. The summed E-state index contributed by atoms with van der Waals surface area (Å²) < 4.78 is 5.09. The highest BCUT2D eigenvalue weighted by Crippen LogP contribution is 1.92. The van der Waals surface area contributed by atoms with Crippen molar-refractivity contribution in [1.29, 1.82) is 0 Å². The Morgan fingerprint density at radius 1 is 1.45 bits per heavy atom. The van der Waals surface area contributed by atoms with E-state index in [-0.39, 0.29) is 6.61 Å². The molecule has 0 rings (SSSR count). The smallest absolute Gasteiger partial charge is 0.236 e. The van der Waals surface area contributed by atoms with Gasteiger partial charge in [-0.3, -0.25) is 4.79 Å². The Labute approximate surface area is 66.9 Å². The van der Waals surface area contributed by atoms with Gasteiger partial charge < -0.3 is 16.2 Å². The van der Waals surface area contributed by atoms with Crippen LogP contribution in [-0.2, 0) is 9.53 Å². The lowest BCUT2D eigenvalue weighted by atomic mass is 10.2. The number of ether oxygens (including phenoxy) is 1. The van der Waals surface area contributed by atoms with E-state index in [4.69, 9.17) is 16.2 Å². The monoisotopic (exact) mass is 160 g/mol. The lowest BCUT2D eigenvalue weighted by molar-refractivity contribution is -0.120. The minimum atomic E-state index is -0.672. The summed E-state index contributed by atoms with van der Waals surface area (Å²) in [6.07, 6.45) is 0. The van der Waals surface area contributed by atoms with Crippen molar-refractivity contribution in [2.45, 2.75) is 19.9 Å². The Kier molecular flexibility index (Phi) is 4.81. The topological polar surface area (TPSA) is 78.3 Å². The number of nitrogens with two attached hydrogens (primary N) is 2. The van der Waals surface area contributed by atoms with E-state index in [0.29, 0.717) is 12.5 Å². The zero-order valence-electron chi connectivity index (χ0n) is 7.04. The molecule has 0 spiro atoms. The molecule has 66 valence electrons. The van der Waals surface area contributed by atoms with Gasteiger partial charge in [0.05, 0.1) is 6.61 Å². The van der Waals surface area contributed by atoms with E-state index >= 15 is 0 Å². The normalized spacial score (nSPS) is 13.5. The van der Waals surface area contributed by atoms with Crippen molar-refractivity contribution in [2.24, 2.45) is 17.4 Å². The highest BCUT2D eigenvalue weighted by molar-refractivity contribution is 5.79. The number of hydrogen-bond donors (Lipinski definition) is 2. The summed E-state index contributed by atoms with van der Waals surface area (Å²) in [5.74, 6) is -0.0659. The Morgan fingerprint density at radius 2 is 2.00 bits per heavy atom. The van der Waals surface area contributed by atoms with Crippen LogP contribution in [-0.4, -0.2) is 25.2 Å². The molecule has 0 aliphatic rings. The van der Waals surface area contributed by atoms with Crippen LogP contribution in [0.5, 0.6) is 0 Å². The highest BCUT2D eigenvalue weighted by Gasteiger charge is 2.08. The van der Waals surface area contributed by atoms with E-state index in [0.717, 1.165) is 0 Å². The first-order valence-electron chi connectivity index (χ1n) is 3.66. The second kappa shape index (κ2) is 5.09. The molecule has 4 heteroatoms. The van der Waals surface area contributed by atoms with Crippen LogP contribution >= 0.6 is 0 Å². The molecule has 0 saturated heterocycles. The zero-order valence-corrected chi connectivity index (χ0v) is 7.04. The van der Waals surface area contributed by atoms with E-state index < -0.39 is 11.9 Å². The summed E-state index contributed by atoms with van der Waals surface area (Å²) >= 11 is 0. The summed E-state index contributed by atoms with van der Waals surface area (Å²) in [5, 5.41) is 0. The summed E-state index contributed by atoms with van der Waals surface area (Å²) in [6.45, 7) is 4.88. The minimum absolute atomic E-state index is 0.216. The summed E-state index contributed by atoms with van der Waals surface area (Å²) in [6, 6.07) is -0.672. The molecule has 0 saturated carbocycles. The van der Waals surface area contributed by atoms with Crippen molar-refractivity contribution in [2.75, 3.05) is 13.2 Å². The molecule has 4 N–H and O–H groups in total. The molecular weight excluding hydrogens is 144 g/mol. The van der Waals surface area contributed by atoms with Gasteiger partial charge in [0.15, 0.2) is 0 Å². The van der Waals surface area contributed by atoms with Crippen LogP contribution in [0.4, 0.5) is 0 Å². The molecular formula is C7H16N2O2. The van der Waals surface area contributed by atoms with Gasteiger partial charge in [-0.1, -0.05) is 13.8 Å². The standard InChI is InChI=1S/C7H16N2O2/c1-5(2)3-11-4-6(8)7(9)10/h5-6H,3-4,8H2,1-2H3,(H2,9,10). The van der Waals surface area contributed by atoms with Crippen molar-refractivity contribution in [3.05, 3.63) is 0 Å². The van der Waals surface area contributed by atoms with Gasteiger partial charge in [0.1, 0.15) is 6.04 Å². The van der Waals surface area contributed by atoms with Crippen LogP contribution in [0.15, 0.2) is 0 Å². The van der Waals surface area contributed by atoms with Crippen LogP contribution in [0.3, 0.4) is 0 Å². The van der Waals surface area contributed by atoms with E-state index in [1.54, 1.807) is 0 Å². The van der Waals surface area contributed by atoms with Gasteiger partial charge in [0.2, 0.25) is 5.91 Å². The lowest BCUT2D eigenvalue weighted by Crippen LogP contribution is -2.40. The lowest BCUT2D eigenvalue weighted by Gasteiger charge is -2.09. The van der Waals surface area contributed by atoms with Crippen LogP contribution in [0.2, 0.25) is 0 Å². The minimum Gasteiger partial charge on any atom is -0.379 e. The van der Waals surface area contributed by atoms with Gasteiger partial charge in [-0.15, -0.1) is 0 Å². The fraction of sp³-hybridized carbons (Fsp3) is 0.857. The average Bonchev–Trinajstić information content (AvgIpc) is 1.86. The van der Waals surface area contributed by atoms with Crippen molar-refractivity contribution >= 4 is 5.91 Å². The average molecular weight is 160 g/mol. The van der Waals surface area contributed by atoms with Crippen LogP contribution in [0, 0.1) is 5.92 Å². The summed E-state index contributed by atoms with van der Waals surface area (Å²) in [4.78, 5) is 10.4. The highest BCUT2D eigenvalue weighted by atomic mass is 16.5. The molecule has 11 heavy (non-hydrogen) atoms. The maximum absolute atomic E-state index is 10.4. The van der Waals surface area contributed by atoms with Crippen molar-refractivity contribution in [3.8, 4) is 0 Å². The third-order valence-electron chi connectivity index (χ3n) is 1.11. The second-order valence-corrected chi connectivity index (χ2v) is 2.94. The van der Waals surface area contributed by atoms with E-state index in [9.17, 15) is 4.79 Å². The molecule has 0 aromatic carbocycles. The van der Waals surface area contributed by atoms with Crippen LogP contribution < -0.4 is 11.5 Å². The third kappa shape index (κ3) is 5.82. The first-order chi connectivity index (χ1) is 5.04. The fourth-order valence-corrected chi connectivity index (χ4v) is 0.513. The Hall–Kier alpha value is -0.610. The Balaban J connectivity index is 3.31. The van der Waals surface area contributed by atoms with Gasteiger partial charge in [-0.25, -0.2) is 0 Å². The molecule has 0 heterocycles. The first-order valence-corrected chi connectivity index (χ1v) is 3.66. The second-order valence-electron chi connectivity index (χ2n) is 2.94. The zero-order chi connectivity index (χ0) is 8.85. The fourth-order valence-electron chi connectivity index (χ4n) is 0.513. The molecule has 4 nitrogen and oxygen atoms in total. The van der Waals surface area contributed by atoms with Gasteiger partial charge in [0, 0.05) is 6.61 Å². The molecule has 0 bridgehead atoms. The summed E-state index contributed by atoms with van der Waals surface area (Å²) in [5.41, 5.74) is 10.2. The van der Waals surface area contributed by atoms with Gasteiger partial charge in [-0.05, 0) is 5.92 Å². The van der Waals surface area contributed by atoms with E-state index in [1.807, 2.05) is 13.8 Å². The van der Waals surface area contributed by atoms with E-state index in [2.05, 4.69) is 0 Å². The van der Waals surface area contributed by atoms with Crippen molar-refractivity contribution < 1.29 is 9.53 Å². The molecule has 0 aliphatic heterocycles. The van der Waals surface area contributed by atoms with Crippen LogP contribution in [0.1, 0.15) is 13.8 Å². The number of carbonyl (C=O) groups is 1. The van der Waals surface area contributed by atoms with Gasteiger partial charge in [0.25, 0.3) is 0 Å². The number of carbonyl (C=O) groups excluding carboxylic acids is 1. The molecule has 0 radical (unpaired) electrons. The predicted molar refractivity (Wildman–Crippen MR) is 42.8 cm³/mol. The van der Waals surface area contributed by atoms with Gasteiger partial charge >= 0.3 is 0 Å². The number of hydrogen-bond acceptors (Lipinski definition) is 3. The maximum atomic E-state index is 10.4. The molecule has 1 unspecified atom stereocenters. The maximum Gasteiger partial charge on any atom is 0.236 e. The third-order valence-corrected chi connectivity index (χ3v) is 1.11. The predicted octanol–water partition coefficient (Wildman–Crippen LogP) is -0.528. The molecule has 0 aromatic rings. The van der Waals surface area contributed by atoms with Crippen molar-refractivity contribution in [1.82, 2.24) is 0 Å². The van der Waals surface area contributed by atoms with E-state index in [1.165, 1.54) is 0 Å². The molecule has 0 fully saturated rings.